The molecule has 0 saturated carbocycles. The van der Waals surface area contributed by atoms with Crippen LogP contribution >= 0.6 is 0 Å². The molecule has 0 atom stereocenters. The van der Waals surface area contributed by atoms with E-state index in [1.807, 2.05) is 0 Å². The maximum absolute atomic E-state index is 11.1. The molecule has 0 spiro atoms. The van der Waals surface area contributed by atoms with E-state index in [9.17, 15) is 16.8 Å². The Hall–Kier alpha value is -1.34. The Morgan fingerprint density at radius 3 is 1.79 bits per heavy atom. The quantitative estimate of drug-likeness (QED) is 0.315. The smallest absolute Gasteiger partial charge is 0.296 e. The molecule has 4 N–H and O–H groups in total. The molecule has 0 saturated heterocycles. The van der Waals surface area contributed by atoms with Crippen molar-refractivity contribution in [3.05, 3.63) is 42.5 Å². The van der Waals surface area contributed by atoms with E-state index in [1.54, 1.807) is 0 Å². The van der Waals surface area contributed by atoms with Crippen LogP contribution in [-0.2, 0) is 20.2 Å². The standard InChI is InChI=1S/C12H11N3O6S2.Na/c13-11-6-3-9(7-12(11)23(19,20)21)15-14-8-1-4-10(5-2-8)22(16,17)18;/h1-7H,13H2,(H,16,17,18)(H,19,20,21);. The summed E-state index contributed by atoms with van der Waals surface area (Å²) in [6.07, 6.45) is 0. The molecule has 2 aromatic rings. The number of hydrogen-bond donors (Lipinski definition) is 3. The Kier molecular flexibility index (Phi) is 6.64. The number of benzene rings is 2. The molecule has 0 fully saturated rings. The third kappa shape index (κ3) is 5.34. The van der Waals surface area contributed by atoms with Crippen LogP contribution in [0, 0.1) is 0 Å². The summed E-state index contributed by atoms with van der Waals surface area (Å²) < 4.78 is 61.9. The Balaban J connectivity index is 0.00000288. The summed E-state index contributed by atoms with van der Waals surface area (Å²) in [5, 5.41) is 7.55. The fourth-order valence-corrected chi connectivity index (χ4v) is 2.72. The van der Waals surface area contributed by atoms with Gasteiger partial charge in [-0.05, 0) is 42.5 Å². The minimum Gasteiger partial charge on any atom is -0.398 e. The van der Waals surface area contributed by atoms with Crippen LogP contribution in [0.5, 0.6) is 0 Å². The minimum absolute atomic E-state index is 0. The number of anilines is 1. The Bertz CT molecular complexity index is 972. The fourth-order valence-electron chi connectivity index (χ4n) is 1.61. The number of azo groups is 1. The molecule has 9 nitrogen and oxygen atoms in total. The van der Waals surface area contributed by atoms with Gasteiger partial charge in [0.05, 0.1) is 22.0 Å². The van der Waals surface area contributed by atoms with Gasteiger partial charge >= 0.3 is 0 Å². The zero-order valence-electron chi connectivity index (χ0n) is 12.4. The van der Waals surface area contributed by atoms with Crippen LogP contribution in [0.3, 0.4) is 0 Å². The van der Waals surface area contributed by atoms with Crippen molar-refractivity contribution < 1.29 is 25.9 Å². The SMILES string of the molecule is Nc1ccc(N=Nc2ccc(S(=O)(=O)O)cc2)cc1S(=O)(=O)O.[Na]. The molecule has 0 bridgehead atoms. The van der Waals surface area contributed by atoms with Gasteiger partial charge in [0.15, 0.2) is 0 Å². The van der Waals surface area contributed by atoms with Crippen LogP contribution in [0.1, 0.15) is 0 Å². The molecule has 123 valence electrons. The van der Waals surface area contributed by atoms with Crippen molar-refractivity contribution in [2.75, 3.05) is 5.73 Å². The minimum atomic E-state index is -4.48. The van der Waals surface area contributed by atoms with Gasteiger partial charge in [-0.15, -0.1) is 0 Å². The first-order valence-electron chi connectivity index (χ1n) is 5.94. The molecule has 0 aliphatic heterocycles. The van der Waals surface area contributed by atoms with E-state index in [-0.39, 0.29) is 51.5 Å². The normalized spacial score (nSPS) is 12.1. The molecule has 2 aromatic carbocycles. The van der Waals surface area contributed by atoms with Gasteiger partial charge in [0, 0.05) is 29.6 Å². The van der Waals surface area contributed by atoms with Crippen molar-refractivity contribution >= 4 is 66.9 Å². The van der Waals surface area contributed by atoms with E-state index < -0.39 is 25.1 Å². The Morgan fingerprint density at radius 2 is 1.29 bits per heavy atom. The van der Waals surface area contributed by atoms with Crippen molar-refractivity contribution in [1.82, 2.24) is 0 Å². The average molecular weight is 380 g/mol. The molecular weight excluding hydrogens is 369 g/mol. The predicted molar refractivity (Wildman–Crippen MR) is 86.9 cm³/mol. The summed E-state index contributed by atoms with van der Waals surface area (Å²) in [6.45, 7) is 0. The van der Waals surface area contributed by atoms with Crippen molar-refractivity contribution in [2.45, 2.75) is 9.79 Å². The maximum Gasteiger partial charge on any atom is 0.296 e. The molecule has 0 amide bonds. The first kappa shape index (κ1) is 20.7. The van der Waals surface area contributed by atoms with Crippen LogP contribution in [0.4, 0.5) is 17.1 Å². The number of hydrogen-bond acceptors (Lipinski definition) is 7. The second-order valence-electron chi connectivity index (χ2n) is 4.37. The Labute approximate surface area is 160 Å². The number of nitrogen functional groups attached to an aromatic ring is 1. The van der Waals surface area contributed by atoms with Gasteiger partial charge in [0.2, 0.25) is 0 Å². The van der Waals surface area contributed by atoms with Gasteiger partial charge in [0.25, 0.3) is 20.2 Å². The largest absolute Gasteiger partial charge is 0.398 e. The average Bonchev–Trinajstić information content (AvgIpc) is 2.44. The predicted octanol–water partition coefficient (Wildman–Crippen LogP) is 1.80. The van der Waals surface area contributed by atoms with Crippen LogP contribution in [0.25, 0.3) is 0 Å². The first-order valence-corrected chi connectivity index (χ1v) is 8.82. The van der Waals surface area contributed by atoms with Gasteiger partial charge in [-0.25, -0.2) is 0 Å². The summed E-state index contributed by atoms with van der Waals surface area (Å²) >= 11 is 0. The molecule has 0 heterocycles. The van der Waals surface area contributed by atoms with Crippen LogP contribution in [-0.4, -0.2) is 55.5 Å². The summed E-state index contributed by atoms with van der Waals surface area (Å²) in [6, 6.07) is 8.55. The van der Waals surface area contributed by atoms with E-state index in [4.69, 9.17) is 14.8 Å². The van der Waals surface area contributed by atoms with Gasteiger partial charge in [-0.2, -0.15) is 27.1 Å². The zero-order chi connectivity index (χ0) is 17.3. The third-order valence-corrected chi connectivity index (χ3v) is 4.47. The van der Waals surface area contributed by atoms with E-state index in [1.165, 1.54) is 24.3 Å². The maximum atomic E-state index is 11.1. The molecule has 0 aromatic heterocycles. The van der Waals surface area contributed by atoms with Crippen LogP contribution in [0.15, 0.2) is 62.5 Å². The number of nitrogens with two attached hydrogens (primary N) is 1. The molecule has 1 radical (unpaired) electrons. The molecule has 12 heteroatoms. The zero-order valence-corrected chi connectivity index (χ0v) is 16.0. The van der Waals surface area contributed by atoms with Crippen molar-refractivity contribution in [3.8, 4) is 0 Å². The van der Waals surface area contributed by atoms with Gasteiger partial charge < -0.3 is 5.73 Å². The summed E-state index contributed by atoms with van der Waals surface area (Å²) in [5.74, 6) is 0. The molecule has 0 unspecified atom stereocenters. The summed E-state index contributed by atoms with van der Waals surface area (Å²) in [4.78, 5) is -0.784. The molecule has 0 aliphatic rings. The number of rotatable bonds is 4. The van der Waals surface area contributed by atoms with Crippen LogP contribution < -0.4 is 5.73 Å². The number of nitrogens with zero attached hydrogens (tertiary/aromatic N) is 2. The second kappa shape index (κ2) is 7.70. The van der Waals surface area contributed by atoms with E-state index in [0.717, 1.165) is 18.2 Å². The van der Waals surface area contributed by atoms with Gasteiger partial charge in [0.1, 0.15) is 4.90 Å². The third-order valence-electron chi connectivity index (χ3n) is 2.69. The van der Waals surface area contributed by atoms with E-state index >= 15 is 0 Å². The Morgan fingerprint density at radius 1 is 0.792 bits per heavy atom. The topological polar surface area (TPSA) is 159 Å². The molecule has 2 rings (SSSR count). The van der Waals surface area contributed by atoms with Crippen molar-refractivity contribution in [2.24, 2.45) is 10.2 Å². The monoisotopic (exact) mass is 380 g/mol. The van der Waals surface area contributed by atoms with E-state index in [2.05, 4.69) is 10.2 Å². The van der Waals surface area contributed by atoms with Crippen molar-refractivity contribution in [3.63, 3.8) is 0 Å². The molecular formula is C12H11N3NaO6S2. The summed E-state index contributed by atoms with van der Waals surface area (Å²) in [5.41, 5.74) is 5.70. The van der Waals surface area contributed by atoms with Gasteiger partial charge in [-0.1, -0.05) is 0 Å². The van der Waals surface area contributed by atoms with Crippen LogP contribution in [0.2, 0.25) is 0 Å². The summed E-state index contributed by atoms with van der Waals surface area (Å²) in [7, 11) is -8.78. The fraction of sp³-hybridized carbons (Fsp3) is 0. The van der Waals surface area contributed by atoms with Crippen molar-refractivity contribution in [1.29, 1.82) is 0 Å². The van der Waals surface area contributed by atoms with E-state index in [0.29, 0.717) is 0 Å². The van der Waals surface area contributed by atoms with Gasteiger partial charge in [-0.3, -0.25) is 9.11 Å². The second-order valence-corrected chi connectivity index (χ2v) is 7.18. The first-order chi connectivity index (χ1) is 10.6. The molecule has 24 heavy (non-hydrogen) atoms. The molecule has 0 aliphatic carbocycles.